The van der Waals surface area contributed by atoms with Gasteiger partial charge in [0.05, 0.1) is 17.4 Å². The fourth-order valence-electron chi connectivity index (χ4n) is 1.49. The summed E-state index contributed by atoms with van der Waals surface area (Å²) in [5.41, 5.74) is 0.513. The predicted octanol–water partition coefficient (Wildman–Crippen LogP) is -1.51. The Hall–Kier alpha value is -2.29. The molecule has 0 aliphatic rings. The maximum Gasteiger partial charge on any atom is 0.182 e. The second-order valence-electron chi connectivity index (χ2n) is 3.83. The van der Waals surface area contributed by atoms with Gasteiger partial charge in [0.2, 0.25) is 0 Å². The van der Waals surface area contributed by atoms with Crippen LogP contribution in [0.5, 0.6) is 0 Å². The standard InChI is InChI=1S/C10H10N4O4S/c1-19(17,18)8-4-2-7(3-5-8)10-11-12-13-14(10)6-9(15)16/h2-5H,6H2,1H3,(H,15,16)/p-1. The molecule has 1 aromatic heterocycles. The van der Waals surface area contributed by atoms with Crippen molar-refractivity contribution in [1.29, 1.82) is 0 Å². The number of aromatic nitrogens is 4. The number of hydrogen-bond donors (Lipinski definition) is 0. The quantitative estimate of drug-likeness (QED) is 0.668. The summed E-state index contributed by atoms with van der Waals surface area (Å²) >= 11 is 0. The lowest BCUT2D eigenvalue weighted by atomic mass is 10.2. The fraction of sp³-hybridized carbons (Fsp3) is 0.200. The van der Waals surface area contributed by atoms with Crippen molar-refractivity contribution in [3.63, 3.8) is 0 Å². The van der Waals surface area contributed by atoms with E-state index in [1.807, 2.05) is 0 Å². The molecule has 0 saturated carbocycles. The smallest absolute Gasteiger partial charge is 0.182 e. The first-order valence-corrected chi connectivity index (χ1v) is 7.03. The summed E-state index contributed by atoms with van der Waals surface area (Å²) in [6.45, 7) is -0.476. The van der Waals surface area contributed by atoms with Crippen LogP contribution in [0.1, 0.15) is 0 Å². The van der Waals surface area contributed by atoms with Crippen molar-refractivity contribution in [3.8, 4) is 11.4 Å². The van der Waals surface area contributed by atoms with E-state index in [2.05, 4.69) is 15.5 Å². The van der Waals surface area contributed by atoms with E-state index in [1.54, 1.807) is 0 Å². The van der Waals surface area contributed by atoms with E-state index in [-0.39, 0.29) is 10.7 Å². The Morgan fingerprint density at radius 2 is 1.95 bits per heavy atom. The van der Waals surface area contributed by atoms with E-state index >= 15 is 0 Å². The number of benzene rings is 1. The highest BCUT2D eigenvalue weighted by molar-refractivity contribution is 7.90. The van der Waals surface area contributed by atoms with E-state index in [0.717, 1.165) is 10.9 Å². The van der Waals surface area contributed by atoms with Crippen LogP contribution in [0.4, 0.5) is 0 Å². The molecule has 0 aliphatic heterocycles. The minimum absolute atomic E-state index is 0.162. The van der Waals surface area contributed by atoms with E-state index in [1.165, 1.54) is 24.3 Å². The van der Waals surface area contributed by atoms with Gasteiger partial charge in [-0.15, -0.1) is 5.10 Å². The molecule has 100 valence electrons. The number of carbonyl (C=O) groups is 1. The Balaban J connectivity index is 2.38. The van der Waals surface area contributed by atoms with E-state index in [9.17, 15) is 18.3 Å². The molecule has 0 N–H and O–H groups in total. The molecule has 0 radical (unpaired) electrons. The van der Waals surface area contributed by atoms with Gasteiger partial charge in [0, 0.05) is 11.8 Å². The molecule has 19 heavy (non-hydrogen) atoms. The van der Waals surface area contributed by atoms with E-state index < -0.39 is 22.4 Å². The highest BCUT2D eigenvalue weighted by atomic mass is 32.2. The Bertz CT molecular complexity index is 705. The van der Waals surface area contributed by atoms with Crippen molar-refractivity contribution in [3.05, 3.63) is 24.3 Å². The highest BCUT2D eigenvalue weighted by Gasteiger charge is 2.11. The summed E-state index contributed by atoms with van der Waals surface area (Å²) in [5, 5.41) is 21.1. The number of carboxylic acids is 1. The van der Waals surface area contributed by atoms with Crippen LogP contribution >= 0.6 is 0 Å². The van der Waals surface area contributed by atoms with Crippen LogP contribution in [0.25, 0.3) is 11.4 Å². The Morgan fingerprint density at radius 3 is 2.47 bits per heavy atom. The molecule has 0 aliphatic carbocycles. The monoisotopic (exact) mass is 281 g/mol. The number of tetrazole rings is 1. The molecule has 2 rings (SSSR count). The van der Waals surface area contributed by atoms with Gasteiger partial charge >= 0.3 is 0 Å². The number of carbonyl (C=O) groups excluding carboxylic acids is 1. The highest BCUT2D eigenvalue weighted by Crippen LogP contribution is 2.18. The number of rotatable bonds is 4. The molecule has 2 aromatic rings. The van der Waals surface area contributed by atoms with Gasteiger partial charge in [-0.3, -0.25) is 0 Å². The first kappa shape index (κ1) is 13.1. The second-order valence-corrected chi connectivity index (χ2v) is 5.84. The first-order chi connectivity index (χ1) is 8.88. The third kappa shape index (κ3) is 2.94. The largest absolute Gasteiger partial charge is 0.548 e. The van der Waals surface area contributed by atoms with Crippen LogP contribution in [0, 0.1) is 0 Å². The molecule has 9 heteroatoms. The number of sulfone groups is 1. The molecule has 1 aromatic carbocycles. The van der Waals surface area contributed by atoms with Crippen LogP contribution in [-0.4, -0.2) is 40.9 Å². The number of carboxylic acid groups (broad SMARTS) is 1. The molecule has 1 heterocycles. The van der Waals surface area contributed by atoms with Gasteiger partial charge in [0.1, 0.15) is 0 Å². The maximum absolute atomic E-state index is 11.3. The molecule has 0 fully saturated rings. The van der Waals surface area contributed by atoms with Crippen molar-refractivity contribution in [1.82, 2.24) is 20.2 Å². The lowest BCUT2D eigenvalue weighted by Crippen LogP contribution is -2.28. The maximum atomic E-state index is 11.3. The molecule has 0 saturated heterocycles. The molecule has 0 bridgehead atoms. The fourth-order valence-corrected chi connectivity index (χ4v) is 2.12. The average Bonchev–Trinajstić information content (AvgIpc) is 2.75. The minimum atomic E-state index is -3.28. The van der Waals surface area contributed by atoms with Gasteiger partial charge in [0.15, 0.2) is 15.7 Å². The third-order valence-corrected chi connectivity index (χ3v) is 3.48. The van der Waals surface area contributed by atoms with Crippen molar-refractivity contribution in [2.24, 2.45) is 0 Å². The zero-order valence-corrected chi connectivity index (χ0v) is 10.7. The molecule has 0 amide bonds. The molecular formula is C10H9N4O4S-. The number of aliphatic carboxylic acids is 1. The second kappa shape index (κ2) is 4.76. The molecule has 8 nitrogen and oxygen atoms in total. The summed E-state index contributed by atoms with van der Waals surface area (Å²) in [6.07, 6.45) is 1.10. The summed E-state index contributed by atoms with van der Waals surface area (Å²) < 4.78 is 23.7. The van der Waals surface area contributed by atoms with Gasteiger partial charge in [-0.1, -0.05) is 0 Å². The van der Waals surface area contributed by atoms with Gasteiger partial charge in [-0.25, -0.2) is 13.1 Å². The van der Waals surface area contributed by atoms with Gasteiger partial charge in [0.25, 0.3) is 0 Å². The first-order valence-electron chi connectivity index (χ1n) is 5.14. The van der Waals surface area contributed by atoms with Crippen LogP contribution in [0.2, 0.25) is 0 Å². The summed E-state index contributed by atoms with van der Waals surface area (Å²) in [4.78, 5) is 10.7. The summed E-state index contributed by atoms with van der Waals surface area (Å²) in [7, 11) is -3.28. The average molecular weight is 281 g/mol. The van der Waals surface area contributed by atoms with Gasteiger partial charge in [-0.05, 0) is 34.7 Å². The Morgan fingerprint density at radius 1 is 1.32 bits per heavy atom. The lowest BCUT2D eigenvalue weighted by Gasteiger charge is -2.05. The van der Waals surface area contributed by atoms with Crippen LogP contribution < -0.4 is 5.11 Å². The molecule has 0 spiro atoms. The topological polar surface area (TPSA) is 118 Å². The minimum Gasteiger partial charge on any atom is -0.548 e. The van der Waals surface area contributed by atoms with E-state index in [0.29, 0.717) is 5.56 Å². The lowest BCUT2D eigenvalue weighted by molar-refractivity contribution is -0.306. The number of nitrogens with zero attached hydrogens (tertiary/aromatic N) is 4. The van der Waals surface area contributed by atoms with Crippen molar-refractivity contribution < 1.29 is 18.3 Å². The van der Waals surface area contributed by atoms with Crippen LogP contribution in [-0.2, 0) is 21.2 Å². The van der Waals surface area contributed by atoms with Gasteiger partial charge < -0.3 is 9.90 Å². The normalized spacial score (nSPS) is 11.4. The molecule has 0 atom stereocenters. The SMILES string of the molecule is CS(=O)(=O)c1ccc(-c2nnnn2CC(=O)[O-])cc1. The molecular weight excluding hydrogens is 272 g/mol. The predicted molar refractivity (Wildman–Crippen MR) is 61.4 cm³/mol. The van der Waals surface area contributed by atoms with Crippen LogP contribution in [0.3, 0.4) is 0 Å². The van der Waals surface area contributed by atoms with Crippen LogP contribution in [0.15, 0.2) is 29.2 Å². The zero-order chi connectivity index (χ0) is 14.0. The van der Waals surface area contributed by atoms with Gasteiger partial charge in [-0.2, -0.15) is 0 Å². The third-order valence-electron chi connectivity index (χ3n) is 2.35. The Kier molecular flexibility index (Phi) is 3.30. The Labute approximate surface area is 108 Å². The molecule has 0 unspecified atom stereocenters. The van der Waals surface area contributed by atoms with E-state index in [4.69, 9.17) is 0 Å². The summed E-state index contributed by atoms with van der Waals surface area (Å²) in [6, 6.07) is 5.83. The van der Waals surface area contributed by atoms with Crippen molar-refractivity contribution in [2.45, 2.75) is 11.4 Å². The van der Waals surface area contributed by atoms with Crippen molar-refractivity contribution in [2.75, 3.05) is 6.26 Å². The zero-order valence-electron chi connectivity index (χ0n) is 9.85. The summed E-state index contributed by atoms with van der Waals surface area (Å²) in [5.74, 6) is -1.09. The number of hydrogen-bond acceptors (Lipinski definition) is 7. The van der Waals surface area contributed by atoms with Crippen molar-refractivity contribution >= 4 is 15.8 Å².